The van der Waals surface area contributed by atoms with E-state index in [0.29, 0.717) is 11.3 Å². The lowest BCUT2D eigenvalue weighted by Gasteiger charge is -2.30. The van der Waals surface area contributed by atoms with Crippen LogP contribution in [0.25, 0.3) is 0 Å². The molecule has 0 fully saturated rings. The van der Waals surface area contributed by atoms with Crippen LogP contribution in [0.5, 0.6) is 5.75 Å². The summed E-state index contributed by atoms with van der Waals surface area (Å²) in [5, 5.41) is 15.5. The number of ether oxygens (including phenoxy) is 2. The quantitative estimate of drug-likeness (QED) is 0.901. The Balaban J connectivity index is 2.27. The number of hydrazone groups is 1. The number of rotatable bonds is 3. The Morgan fingerprint density at radius 2 is 2.16 bits per heavy atom. The summed E-state index contributed by atoms with van der Waals surface area (Å²) in [5.74, 6) is 0.675. The van der Waals surface area contributed by atoms with Crippen LogP contribution in [0.2, 0.25) is 0 Å². The SMILES string of the molecule is CCOC(=O)N1N=CCC1(O)c1ccc(OC)cc1. The third-order valence-corrected chi connectivity index (χ3v) is 2.92. The van der Waals surface area contributed by atoms with E-state index in [9.17, 15) is 9.90 Å². The lowest BCUT2D eigenvalue weighted by Crippen LogP contribution is -2.43. The van der Waals surface area contributed by atoms with Gasteiger partial charge in [-0.05, 0) is 19.1 Å². The Morgan fingerprint density at radius 3 is 2.74 bits per heavy atom. The lowest BCUT2D eigenvalue weighted by molar-refractivity contribution is -0.0854. The van der Waals surface area contributed by atoms with E-state index in [1.165, 1.54) is 6.21 Å². The van der Waals surface area contributed by atoms with Crippen LogP contribution in [0.4, 0.5) is 4.79 Å². The number of methoxy groups -OCH3 is 1. The van der Waals surface area contributed by atoms with Gasteiger partial charge in [0.15, 0.2) is 5.72 Å². The molecule has 1 unspecified atom stereocenters. The monoisotopic (exact) mass is 264 g/mol. The summed E-state index contributed by atoms with van der Waals surface area (Å²) in [7, 11) is 1.56. The van der Waals surface area contributed by atoms with Crippen molar-refractivity contribution in [2.24, 2.45) is 5.10 Å². The highest BCUT2D eigenvalue weighted by Gasteiger charge is 2.43. The van der Waals surface area contributed by atoms with Gasteiger partial charge in [-0.15, -0.1) is 0 Å². The normalized spacial score (nSPS) is 21.5. The molecule has 6 heteroatoms. The van der Waals surface area contributed by atoms with Crippen molar-refractivity contribution >= 4 is 12.3 Å². The van der Waals surface area contributed by atoms with Gasteiger partial charge in [0.1, 0.15) is 5.75 Å². The maximum atomic E-state index is 11.8. The summed E-state index contributed by atoms with van der Waals surface area (Å²) in [6, 6.07) is 6.82. The Bertz CT molecular complexity index is 486. The van der Waals surface area contributed by atoms with Crippen molar-refractivity contribution < 1.29 is 19.4 Å². The minimum Gasteiger partial charge on any atom is -0.497 e. The van der Waals surface area contributed by atoms with Crippen LogP contribution in [0.1, 0.15) is 18.9 Å². The van der Waals surface area contributed by atoms with Gasteiger partial charge in [-0.1, -0.05) is 12.1 Å². The van der Waals surface area contributed by atoms with Gasteiger partial charge in [0.2, 0.25) is 0 Å². The van der Waals surface area contributed by atoms with E-state index < -0.39 is 11.8 Å². The Morgan fingerprint density at radius 1 is 1.47 bits per heavy atom. The molecule has 0 radical (unpaired) electrons. The first kappa shape index (κ1) is 13.4. The highest BCUT2D eigenvalue weighted by atomic mass is 16.6. The highest BCUT2D eigenvalue weighted by molar-refractivity contribution is 5.74. The van der Waals surface area contributed by atoms with Crippen molar-refractivity contribution in [1.29, 1.82) is 0 Å². The van der Waals surface area contributed by atoms with Crippen molar-refractivity contribution in [3.8, 4) is 5.75 Å². The third kappa shape index (κ3) is 2.39. The molecule has 102 valence electrons. The van der Waals surface area contributed by atoms with Crippen molar-refractivity contribution in [2.75, 3.05) is 13.7 Å². The zero-order valence-electron chi connectivity index (χ0n) is 10.9. The second-order valence-corrected chi connectivity index (χ2v) is 4.06. The van der Waals surface area contributed by atoms with Gasteiger partial charge in [0.25, 0.3) is 0 Å². The molecule has 6 nitrogen and oxygen atoms in total. The average molecular weight is 264 g/mol. The van der Waals surface area contributed by atoms with Gasteiger partial charge in [-0.2, -0.15) is 10.1 Å². The number of carbonyl (C=O) groups is 1. The van der Waals surface area contributed by atoms with Crippen LogP contribution in [-0.4, -0.2) is 36.1 Å². The number of amides is 1. The van der Waals surface area contributed by atoms with Gasteiger partial charge >= 0.3 is 6.09 Å². The van der Waals surface area contributed by atoms with Crippen molar-refractivity contribution in [3.05, 3.63) is 29.8 Å². The molecule has 1 aliphatic rings. The maximum Gasteiger partial charge on any atom is 0.433 e. The van der Waals surface area contributed by atoms with E-state index in [1.54, 1.807) is 38.3 Å². The standard InChI is InChI=1S/C13H16N2O4/c1-3-19-12(16)15-13(17,8-9-14-15)10-4-6-11(18-2)7-5-10/h4-7,9,17H,3,8H2,1-2H3. The molecular weight excluding hydrogens is 248 g/mol. The van der Waals surface area contributed by atoms with E-state index >= 15 is 0 Å². The number of benzene rings is 1. The summed E-state index contributed by atoms with van der Waals surface area (Å²) < 4.78 is 9.94. The van der Waals surface area contributed by atoms with E-state index in [4.69, 9.17) is 9.47 Å². The molecule has 1 heterocycles. The first-order chi connectivity index (χ1) is 9.11. The second-order valence-electron chi connectivity index (χ2n) is 4.06. The van der Waals surface area contributed by atoms with Crippen molar-refractivity contribution in [2.45, 2.75) is 19.1 Å². The van der Waals surface area contributed by atoms with E-state index in [-0.39, 0.29) is 13.0 Å². The van der Waals surface area contributed by atoms with Gasteiger partial charge < -0.3 is 14.6 Å². The van der Waals surface area contributed by atoms with E-state index in [0.717, 1.165) is 5.01 Å². The smallest absolute Gasteiger partial charge is 0.433 e. The molecule has 0 bridgehead atoms. The lowest BCUT2D eigenvalue weighted by atomic mass is 10.00. The van der Waals surface area contributed by atoms with Gasteiger partial charge in [0.05, 0.1) is 13.7 Å². The summed E-state index contributed by atoms with van der Waals surface area (Å²) in [6.07, 6.45) is 1.04. The van der Waals surface area contributed by atoms with Crippen molar-refractivity contribution in [3.63, 3.8) is 0 Å². The minimum absolute atomic E-state index is 0.220. The molecular formula is C13H16N2O4. The minimum atomic E-state index is -1.50. The predicted molar refractivity (Wildman–Crippen MR) is 68.9 cm³/mol. The summed E-state index contributed by atoms with van der Waals surface area (Å²) in [6.45, 7) is 1.92. The van der Waals surface area contributed by atoms with Crippen molar-refractivity contribution in [1.82, 2.24) is 5.01 Å². The Hall–Kier alpha value is -2.08. The Labute approximate surface area is 111 Å². The molecule has 1 aromatic rings. The topological polar surface area (TPSA) is 71.4 Å². The summed E-state index contributed by atoms with van der Waals surface area (Å²) in [4.78, 5) is 11.8. The zero-order chi connectivity index (χ0) is 13.9. The van der Waals surface area contributed by atoms with Crippen LogP contribution in [0.3, 0.4) is 0 Å². The fraction of sp³-hybridized carbons (Fsp3) is 0.385. The second kappa shape index (κ2) is 5.27. The van der Waals surface area contributed by atoms with Crippen LogP contribution in [0, 0.1) is 0 Å². The average Bonchev–Trinajstić information content (AvgIpc) is 2.82. The molecule has 0 aromatic heterocycles. The van der Waals surface area contributed by atoms with E-state index in [2.05, 4.69) is 5.10 Å². The molecule has 1 aliphatic heterocycles. The fourth-order valence-electron chi connectivity index (χ4n) is 1.91. The predicted octanol–water partition coefficient (Wildman–Crippen LogP) is 1.69. The summed E-state index contributed by atoms with van der Waals surface area (Å²) >= 11 is 0. The van der Waals surface area contributed by atoms with Gasteiger partial charge in [-0.25, -0.2) is 4.79 Å². The Kier molecular flexibility index (Phi) is 3.71. The number of hydrogen-bond acceptors (Lipinski definition) is 5. The highest BCUT2D eigenvalue weighted by Crippen LogP contribution is 2.34. The fourth-order valence-corrected chi connectivity index (χ4v) is 1.91. The summed E-state index contributed by atoms with van der Waals surface area (Å²) in [5.41, 5.74) is -0.947. The van der Waals surface area contributed by atoms with Gasteiger partial charge in [-0.3, -0.25) is 0 Å². The molecule has 2 rings (SSSR count). The third-order valence-electron chi connectivity index (χ3n) is 2.92. The molecule has 0 spiro atoms. The molecule has 0 aliphatic carbocycles. The first-order valence-electron chi connectivity index (χ1n) is 5.98. The number of nitrogens with zero attached hydrogens (tertiary/aromatic N) is 2. The number of aliphatic hydroxyl groups is 1. The van der Waals surface area contributed by atoms with E-state index in [1.807, 2.05) is 0 Å². The molecule has 0 saturated heterocycles. The van der Waals surface area contributed by atoms with Crippen LogP contribution in [0.15, 0.2) is 29.4 Å². The molecule has 1 atom stereocenters. The zero-order valence-corrected chi connectivity index (χ0v) is 10.9. The van der Waals surface area contributed by atoms with Crippen LogP contribution < -0.4 is 4.74 Å². The largest absolute Gasteiger partial charge is 0.497 e. The number of hydrogen-bond donors (Lipinski definition) is 1. The molecule has 1 aromatic carbocycles. The first-order valence-corrected chi connectivity index (χ1v) is 5.98. The molecule has 19 heavy (non-hydrogen) atoms. The maximum absolute atomic E-state index is 11.8. The number of carbonyl (C=O) groups excluding carboxylic acids is 1. The molecule has 1 N–H and O–H groups in total. The van der Waals surface area contributed by atoms with Gasteiger partial charge in [0, 0.05) is 18.2 Å². The molecule has 0 saturated carbocycles. The molecule has 1 amide bonds. The van der Waals surface area contributed by atoms with Crippen LogP contribution in [-0.2, 0) is 10.5 Å². The van der Waals surface area contributed by atoms with Crippen LogP contribution >= 0.6 is 0 Å².